The molecule has 5 nitrogen and oxygen atoms in total. The molecule has 2 aromatic rings. The second kappa shape index (κ2) is 4.16. The molecule has 2 heterocycles. The van der Waals surface area contributed by atoms with Gasteiger partial charge in [-0.25, -0.2) is 14.3 Å². The van der Waals surface area contributed by atoms with Crippen molar-refractivity contribution in [2.75, 3.05) is 0 Å². The number of fused-ring (bicyclic) bond motifs is 1. The van der Waals surface area contributed by atoms with Crippen LogP contribution in [0.25, 0.3) is 5.65 Å². The van der Waals surface area contributed by atoms with Crippen LogP contribution in [-0.2, 0) is 6.42 Å². The van der Waals surface area contributed by atoms with Crippen molar-refractivity contribution < 1.29 is 9.90 Å². The SMILES string of the molecule is CCc1cc2ncc(C(=O)O)c(C(C)C)n2n1. The van der Waals surface area contributed by atoms with E-state index in [1.807, 2.05) is 26.8 Å². The van der Waals surface area contributed by atoms with E-state index in [0.717, 1.165) is 12.1 Å². The van der Waals surface area contributed by atoms with Gasteiger partial charge in [-0.15, -0.1) is 0 Å². The molecule has 1 N–H and O–H groups in total. The van der Waals surface area contributed by atoms with E-state index in [-0.39, 0.29) is 11.5 Å². The molecule has 0 bridgehead atoms. The fraction of sp³-hybridized carbons (Fsp3) is 0.417. The van der Waals surface area contributed by atoms with Crippen LogP contribution in [0, 0.1) is 0 Å². The van der Waals surface area contributed by atoms with E-state index < -0.39 is 5.97 Å². The third kappa shape index (κ3) is 1.88. The number of carbonyl (C=O) groups is 1. The average Bonchev–Trinajstić information content (AvgIpc) is 2.69. The first-order valence-electron chi connectivity index (χ1n) is 5.65. The Balaban J connectivity index is 2.78. The van der Waals surface area contributed by atoms with Crippen LogP contribution in [0.5, 0.6) is 0 Å². The Morgan fingerprint density at radius 1 is 1.53 bits per heavy atom. The molecule has 0 aliphatic rings. The van der Waals surface area contributed by atoms with E-state index in [4.69, 9.17) is 5.11 Å². The van der Waals surface area contributed by atoms with Gasteiger partial charge >= 0.3 is 5.97 Å². The summed E-state index contributed by atoms with van der Waals surface area (Å²) in [6.45, 7) is 5.91. The number of nitrogens with zero attached hydrogens (tertiary/aromatic N) is 3. The number of carboxylic acids is 1. The summed E-state index contributed by atoms with van der Waals surface area (Å²) in [5, 5.41) is 13.5. The summed E-state index contributed by atoms with van der Waals surface area (Å²) in [6, 6.07) is 1.89. The van der Waals surface area contributed by atoms with E-state index in [1.165, 1.54) is 6.20 Å². The molecule has 0 spiro atoms. The topological polar surface area (TPSA) is 67.5 Å². The number of hydrogen-bond donors (Lipinski definition) is 1. The molecule has 0 saturated heterocycles. The van der Waals surface area contributed by atoms with E-state index in [1.54, 1.807) is 4.52 Å². The molecular weight excluding hydrogens is 218 g/mol. The Morgan fingerprint density at radius 3 is 2.76 bits per heavy atom. The lowest BCUT2D eigenvalue weighted by atomic mass is 10.1. The van der Waals surface area contributed by atoms with Crippen LogP contribution in [0.4, 0.5) is 0 Å². The van der Waals surface area contributed by atoms with Gasteiger partial charge in [-0.05, 0) is 12.3 Å². The molecule has 0 unspecified atom stereocenters. The first-order valence-corrected chi connectivity index (χ1v) is 5.65. The molecule has 0 saturated carbocycles. The maximum Gasteiger partial charge on any atom is 0.339 e. The van der Waals surface area contributed by atoms with Crippen LogP contribution in [0.3, 0.4) is 0 Å². The average molecular weight is 233 g/mol. The molecule has 0 amide bonds. The molecule has 0 aliphatic heterocycles. The normalized spacial score (nSPS) is 11.3. The highest BCUT2D eigenvalue weighted by molar-refractivity contribution is 5.89. The molecule has 0 aliphatic carbocycles. The van der Waals surface area contributed by atoms with Crippen LogP contribution >= 0.6 is 0 Å². The minimum atomic E-state index is -0.961. The summed E-state index contributed by atoms with van der Waals surface area (Å²) in [5.74, 6) is -0.882. The second-order valence-electron chi connectivity index (χ2n) is 4.28. The van der Waals surface area contributed by atoms with Crippen LogP contribution in [-0.4, -0.2) is 25.7 Å². The van der Waals surface area contributed by atoms with Crippen molar-refractivity contribution >= 4 is 11.6 Å². The van der Waals surface area contributed by atoms with E-state index in [2.05, 4.69) is 10.1 Å². The van der Waals surface area contributed by atoms with Gasteiger partial charge in [-0.2, -0.15) is 5.10 Å². The molecule has 90 valence electrons. The molecule has 2 rings (SSSR count). The van der Waals surface area contributed by atoms with Crippen molar-refractivity contribution in [3.8, 4) is 0 Å². The number of rotatable bonds is 3. The van der Waals surface area contributed by atoms with Crippen molar-refractivity contribution in [3.05, 3.63) is 29.2 Å². The summed E-state index contributed by atoms with van der Waals surface area (Å²) in [5.41, 5.74) is 2.54. The summed E-state index contributed by atoms with van der Waals surface area (Å²) >= 11 is 0. The van der Waals surface area contributed by atoms with Gasteiger partial charge in [0.1, 0.15) is 0 Å². The smallest absolute Gasteiger partial charge is 0.339 e. The Kier molecular flexibility index (Phi) is 2.83. The minimum absolute atomic E-state index is 0.0798. The van der Waals surface area contributed by atoms with Crippen LogP contribution in [0.15, 0.2) is 12.3 Å². The second-order valence-corrected chi connectivity index (χ2v) is 4.28. The fourth-order valence-corrected chi connectivity index (χ4v) is 1.89. The Bertz CT molecular complexity index is 572. The monoisotopic (exact) mass is 233 g/mol. The van der Waals surface area contributed by atoms with Gasteiger partial charge in [0.05, 0.1) is 17.0 Å². The minimum Gasteiger partial charge on any atom is -0.478 e. The zero-order valence-corrected chi connectivity index (χ0v) is 10.1. The van der Waals surface area contributed by atoms with Crippen molar-refractivity contribution in [2.24, 2.45) is 0 Å². The van der Waals surface area contributed by atoms with E-state index in [0.29, 0.717) is 11.3 Å². The molecule has 2 aromatic heterocycles. The van der Waals surface area contributed by atoms with E-state index in [9.17, 15) is 4.79 Å². The molecule has 5 heteroatoms. The Hall–Kier alpha value is -1.91. The van der Waals surface area contributed by atoms with Crippen molar-refractivity contribution in [1.29, 1.82) is 0 Å². The van der Waals surface area contributed by atoms with Crippen LogP contribution in [0.1, 0.15) is 48.4 Å². The standard InChI is InChI=1S/C12H15N3O2/c1-4-8-5-10-13-6-9(12(16)17)11(7(2)3)15(10)14-8/h5-7H,4H2,1-3H3,(H,16,17). The molecular formula is C12H15N3O2. The zero-order valence-electron chi connectivity index (χ0n) is 10.1. The Labute approximate surface area is 99.1 Å². The largest absolute Gasteiger partial charge is 0.478 e. The van der Waals surface area contributed by atoms with Gasteiger partial charge in [-0.1, -0.05) is 20.8 Å². The van der Waals surface area contributed by atoms with Gasteiger partial charge < -0.3 is 5.11 Å². The summed E-state index contributed by atoms with van der Waals surface area (Å²) in [6.07, 6.45) is 2.22. The lowest BCUT2D eigenvalue weighted by molar-refractivity contribution is 0.0694. The van der Waals surface area contributed by atoms with Gasteiger partial charge in [-0.3, -0.25) is 0 Å². The van der Waals surface area contributed by atoms with Crippen molar-refractivity contribution in [2.45, 2.75) is 33.1 Å². The third-order valence-electron chi connectivity index (χ3n) is 2.71. The first kappa shape index (κ1) is 11.6. The van der Waals surface area contributed by atoms with Gasteiger partial charge in [0, 0.05) is 12.3 Å². The zero-order chi connectivity index (χ0) is 12.6. The van der Waals surface area contributed by atoms with E-state index >= 15 is 0 Å². The highest BCUT2D eigenvalue weighted by Gasteiger charge is 2.18. The number of aryl methyl sites for hydroxylation is 1. The fourth-order valence-electron chi connectivity index (χ4n) is 1.89. The predicted molar refractivity (Wildman–Crippen MR) is 63.4 cm³/mol. The summed E-state index contributed by atoms with van der Waals surface area (Å²) in [4.78, 5) is 15.3. The molecule has 0 fully saturated rings. The Morgan fingerprint density at radius 2 is 2.24 bits per heavy atom. The summed E-state index contributed by atoms with van der Waals surface area (Å²) in [7, 11) is 0. The predicted octanol–water partition coefficient (Wildman–Crippen LogP) is 2.11. The van der Waals surface area contributed by atoms with Gasteiger partial charge in [0.15, 0.2) is 5.65 Å². The lowest BCUT2D eigenvalue weighted by Gasteiger charge is -2.11. The molecule has 17 heavy (non-hydrogen) atoms. The third-order valence-corrected chi connectivity index (χ3v) is 2.71. The number of aromatic carboxylic acids is 1. The summed E-state index contributed by atoms with van der Waals surface area (Å²) < 4.78 is 1.65. The maximum absolute atomic E-state index is 11.2. The van der Waals surface area contributed by atoms with Gasteiger partial charge in [0.25, 0.3) is 0 Å². The van der Waals surface area contributed by atoms with Gasteiger partial charge in [0.2, 0.25) is 0 Å². The van der Waals surface area contributed by atoms with Crippen LogP contribution in [0.2, 0.25) is 0 Å². The van der Waals surface area contributed by atoms with Crippen molar-refractivity contribution in [1.82, 2.24) is 14.6 Å². The molecule has 0 aromatic carbocycles. The molecule has 0 radical (unpaired) electrons. The lowest BCUT2D eigenvalue weighted by Crippen LogP contribution is -2.11. The molecule has 0 atom stereocenters. The maximum atomic E-state index is 11.2. The number of aromatic nitrogens is 3. The van der Waals surface area contributed by atoms with Crippen LogP contribution < -0.4 is 0 Å². The van der Waals surface area contributed by atoms with Crippen molar-refractivity contribution in [3.63, 3.8) is 0 Å². The number of carboxylic acid groups (broad SMARTS) is 1. The highest BCUT2D eigenvalue weighted by Crippen LogP contribution is 2.20. The quantitative estimate of drug-likeness (QED) is 0.881. The highest BCUT2D eigenvalue weighted by atomic mass is 16.4. The number of hydrogen-bond acceptors (Lipinski definition) is 3. The first-order chi connectivity index (χ1) is 8.04.